The molecule has 128 valence electrons. The topological polar surface area (TPSA) is 84.9 Å². The second kappa shape index (κ2) is 6.51. The summed E-state index contributed by atoms with van der Waals surface area (Å²) in [6.07, 6.45) is 3.27. The van der Waals surface area contributed by atoms with Crippen molar-refractivity contribution in [2.45, 2.75) is 25.3 Å². The van der Waals surface area contributed by atoms with Gasteiger partial charge in [0.15, 0.2) is 0 Å². The number of fused-ring (bicyclic) bond motifs is 2. The van der Waals surface area contributed by atoms with Crippen molar-refractivity contribution < 1.29 is 23.9 Å². The van der Waals surface area contributed by atoms with E-state index in [0.717, 1.165) is 19.4 Å². The van der Waals surface area contributed by atoms with Crippen LogP contribution in [0.3, 0.4) is 0 Å². The van der Waals surface area contributed by atoms with Crippen molar-refractivity contribution in [1.29, 1.82) is 0 Å². The summed E-state index contributed by atoms with van der Waals surface area (Å²) in [6.45, 7) is 0.761. The molecule has 2 bridgehead atoms. The zero-order valence-corrected chi connectivity index (χ0v) is 13.7. The first-order chi connectivity index (χ1) is 11.5. The number of carbonyl (C=O) groups is 3. The number of urea groups is 1. The van der Waals surface area contributed by atoms with Crippen molar-refractivity contribution in [2.24, 2.45) is 5.92 Å². The maximum Gasteiger partial charge on any atom is 0.337 e. The highest BCUT2D eigenvalue weighted by molar-refractivity contribution is 5.99. The molecule has 1 heterocycles. The summed E-state index contributed by atoms with van der Waals surface area (Å²) < 4.78 is 9.38. The van der Waals surface area contributed by atoms with Crippen LogP contribution in [0.5, 0.6) is 0 Å². The van der Waals surface area contributed by atoms with Gasteiger partial charge in [0.2, 0.25) is 0 Å². The molecule has 2 fully saturated rings. The molecule has 1 saturated heterocycles. The summed E-state index contributed by atoms with van der Waals surface area (Å²) in [5.41, 5.74) is 0.725. The highest BCUT2D eigenvalue weighted by Crippen LogP contribution is 2.37. The predicted molar refractivity (Wildman–Crippen MR) is 86.0 cm³/mol. The first-order valence-electron chi connectivity index (χ1n) is 7.91. The maximum absolute atomic E-state index is 12.5. The van der Waals surface area contributed by atoms with Crippen LogP contribution in [0.25, 0.3) is 0 Å². The lowest BCUT2D eigenvalue weighted by Crippen LogP contribution is -2.40. The van der Waals surface area contributed by atoms with Crippen LogP contribution in [0, 0.1) is 5.92 Å². The Morgan fingerprint density at radius 1 is 1.04 bits per heavy atom. The Hall–Kier alpha value is -2.57. The molecule has 0 spiro atoms. The third-order valence-electron chi connectivity index (χ3n) is 4.70. The molecule has 0 radical (unpaired) electrons. The van der Waals surface area contributed by atoms with Crippen molar-refractivity contribution in [3.8, 4) is 0 Å². The monoisotopic (exact) mass is 332 g/mol. The molecule has 1 aliphatic heterocycles. The largest absolute Gasteiger partial charge is 0.465 e. The minimum absolute atomic E-state index is 0.179. The standard InChI is InChI=1S/C17H20N2O5/c1-23-15(20)11-6-12(16(21)24-2)8-13(7-11)18-17(22)19-9-10-3-4-14(19)5-10/h6-8,10,14H,3-5,9H2,1-2H3,(H,18,22)/t10-,14-/m0/s1. The van der Waals surface area contributed by atoms with Crippen LogP contribution in [-0.2, 0) is 9.47 Å². The third-order valence-corrected chi connectivity index (χ3v) is 4.70. The SMILES string of the molecule is COC(=O)c1cc(NC(=O)N2C[C@H]3CC[C@H]2C3)cc(C(=O)OC)c1. The van der Waals surface area contributed by atoms with E-state index in [2.05, 4.69) is 5.32 Å². The molecular formula is C17H20N2O5. The number of anilines is 1. The van der Waals surface area contributed by atoms with E-state index in [4.69, 9.17) is 9.47 Å². The average Bonchev–Trinajstić information content (AvgIpc) is 3.23. The van der Waals surface area contributed by atoms with Crippen molar-refractivity contribution >= 4 is 23.7 Å². The quantitative estimate of drug-likeness (QED) is 0.858. The number of hydrogen-bond acceptors (Lipinski definition) is 5. The normalized spacial score (nSPS) is 21.5. The van der Waals surface area contributed by atoms with Gasteiger partial charge >= 0.3 is 18.0 Å². The lowest BCUT2D eigenvalue weighted by molar-refractivity contribution is 0.0599. The van der Waals surface area contributed by atoms with E-state index >= 15 is 0 Å². The molecular weight excluding hydrogens is 312 g/mol. The van der Waals surface area contributed by atoms with Gasteiger partial charge in [0, 0.05) is 18.3 Å². The van der Waals surface area contributed by atoms with Crippen LogP contribution in [0.2, 0.25) is 0 Å². The van der Waals surface area contributed by atoms with Crippen LogP contribution in [0.1, 0.15) is 40.0 Å². The number of rotatable bonds is 3. The highest BCUT2D eigenvalue weighted by atomic mass is 16.5. The zero-order chi connectivity index (χ0) is 17.3. The predicted octanol–water partition coefficient (Wildman–Crippen LogP) is 2.28. The smallest absolute Gasteiger partial charge is 0.337 e. The fourth-order valence-corrected chi connectivity index (χ4v) is 3.54. The Balaban J connectivity index is 1.82. The van der Waals surface area contributed by atoms with Gasteiger partial charge in [-0.15, -0.1) is 0 Å². The molecule has 0 aromatic heterocycles. The summed E-state index contributed by atoms with van der Waals surface area (Å²) in [5, 5.41) is 2.78. The van der Waals surface area contributed by atoms with Gasteiger partial charge in [0.1, 0.15) is 0 Å². The van der Waals surface area contributed by atoms with E-state index in [1.54, 1.807) is 0 Å². The number of carbonyl (C=O) groups excluding carboxylic acids is 3. The average molecular weight is 332 g/mol. The van der Waals surface area contributed by atoms with Gasteiger partial charge in [0.25, 0.3) is 0 Å². The summed E-state index contributed by atoms with van der Waals surface area (Å²) >= 11 is 0. The van der Waals surface area contributed by atoms with Gasteiger partial charge in [-0.3, -0.25) is 0 Å². The molecule has 1 N–H and O–H groups in total. The molecule has 1 aromatic rings. The number of nitrogens with one attached hydrogen (secondary N) is 1. The highest BCUT2D eigenvalue weighted by Gasteiger charge is 2.40. The van der Waals surface area contributed by atoms with Gasteiger partial charge in [-0.05, 0) is 43.4 Å². The molecule has 1 aliphatic carbocycles. The van der Waals surface area contributed by atoms with Crippen molar-refractivity contribution in [1.82, 2.24) is 4.90 Å². The Kier molecular flexibility index (Phi) is 4.42. The van der Waals surface area contributed by atoms with Crippen molar-refractivity contribution in [2.75, 3.05) is 26.1 Å². The minimum atomic E-state index is -0.587. The molecule has 1 saturated carbocycles. The van der Waals surface area contributed by atoms with E-state index in [1.165, 1.54) is 38.8 Å². The van der Waals surface area contributed by atoms with E-state index in [-0.39, 0.29) is 17.2 Å². The number of hydrogen-bond donors (Lipinski definition) is 1. The molecule has 1 aromatic carbocycles. The van der Waals surface area contributed by atoms with Crippen LogP contribution < -0.4 is 5.32 Å². The number of likely N-dealkylation sites (tertiary alicyclic amines) is 1. The Morgan fingerprint density at radius 3 is 2.12 bits per heavy atom. The Labute approximate surface area is 139 Å². The number of ether oxygens (including phenoxy) is 2. The van der Waals surface area contributed by atoms with Crippen LogP contribution in [-0.4, -0.2) is 49.7 Å². The third kappa shape index (κ3) is 3.06. The number of piperidine rings is 1. The molecule has 24 heavy (non-hydrogen) atoms. The first kappa shape index (κ1) is 16.3. The molecule has 0 unspecified atom stereocenters. The van der Waals surface area contributed by atoms with E-state index in [0.29, 0.717) is 17.6 Å². The second-order valence-electron chi connectivity index (χ2n) is 6.20. The van der Waals surface area contributed by atoms with Gasteiger partial charge in [-0.1, -0.05) is 0 Å². The number of esters is 2. The number of amides is 2. The Morgan fingerprint density at radius 2 is 1.67 bits per heavy atom. The fraction of sp³-hybridized carbons (Fsp3) is 0.471. The summed E-state index contributed by atoms with van der Waals surface area (Å²) in [4.78, 5) is 37.9. The molecule has 2 aliphatic rings. The summed E-state index contributed by atoms with van der Waals surface area (Å²) in [7, 11) is 2.51. The van der Waals surface area contributed by atoms with Gasteiger partial charge in [-0.2, -0.15) is 0 Å². The van der Waals surface area contributed by atoms with Gasteiger partial charge in [0.05, 0.1) is 25.3 Å². The first-order valence-corrected chi connectivity index (χ1v) is 7.91. The van der Waals surface area contributed by atoms with E-state index in [9.17, 15) is 14.4 Å². The van der Waals surface area contributed by atoms with Crippen molar-refractivity contribution in [3.63, 3.8) is 0 Å². The van der Waals surface area contributed by atoms with Gasteiger partial charge < -0.3 is 19.7 Å². The lowest BCUT2D eigenvalue weighted by Gasteiger charge is -2.27. The van der Waals surface area contributed by atoms with Gasteiger partial charge in [-0.25, -0.2) is 14.4 Å². The van der Waals surface area contributed by atoms with Crippen LogP contribution in [0.4, 0.5) is 10.5 Å². The second-order valence-corrected chi connectivity index (χ2v) is 6.20. The number of benzene rings is 1. The molecule has 7 heteroatoms. The van der Waals surface area contributed by atoms with E-state index in [1.807, 2.05) is 4.90 Å². The molecule has 7 nitrogen and oxygen atoms in total. The molecule has 2 atom stereocenters. The Bertz CT molecular complexity index is 653. The zero-order valence-electron chi connectivity index (χ0n) is 13.7. The van der Waals surface area contributed by atoms with Crippen LogP contribution in [0.15, 0.2) is 18.2 Å². The van der Waals surface area contributed by atoms with Crippen LogP contribution >= 0.6 is 0 Å². The van der Waals surface area contributed by atoms with E-state index < -0.39 is 11.9 Å². The molecule has 2 amide bonds. The summed E-state index contributed by atoms with van der Waals surface area (Å²) in [6, 6.07) is 4.44. The van der Waals surface area contributed by atoms with Crippen molar-refractivity contribution in [3.05, 3.63) is 29.3 Å². The fourth-order valence-electron chi connectivity index (χ4n) is 3.54. The lowest BCUT2D eigenvalue weighted by atomic mass is 10.1. The number of methoxy groups -OCH3 is 2. The number of nitrogens with zero attached hydrogens (tertiary/aromatic N) is 1. The summed E-state index contributed by atoms with van der Waals surface area (Å²) in [5.74, 6) is -0.583. The molecule has 3 rings (SSSR count). The minimum Gasteiger partial charge on any atom is -0.465 e. The maximum atomic E-state index is 12.5.